The smallest absolute Gasteiger partial charge is 0.330 e. The first kappa shape index (κ1) is 21.3. The maximum atomic E-state index is 13.8. The van der Waals surface area contributed by atoms with Gasteiger partial charge in [-0.05, 0) is 47.9 Å². The molecule has 0 spiro atoms. The molecule has 4 rings (SSSR count). The lowest BCUT2D eigenvalue weighted by atomic mass is 9.88. The van der Waals surface area contributed by atoms with Gasteiger partial charge < -0.3 is 9.30 Å². The number of Topliss-reactive ketones (excluding diaryl/α,β-unsaturated/α-hetero) is 1. The topological polar surface area (TPSA) is 48.3 Å². The van der Waals surface area contributed by atoms with E-state index in [0.29, 0.717) is 12.0 Å². The lowest BCUT2D eigenvalue weighted by Gasteiger charge is -2.13. The highest BCUT2D eigenvalue weighted by Crippen LogP contribution is 2.32. The summed E-state index contributed by atoms with van der Waals surface area (Å²) >= 11 is 0. The number of carbonyl (C=O) groups excluding carboxylic acids is 2. The minimum absolute atomic E-state index is 0.0903. The number of rotatable bonds is 7. The summed E-state index contributed by atoms with van der Waals surface area (Å²) in [5.74, 6) is -0.550. The molecule has 0 amide bonds. The zero-order valence-electron chi connectivity index (χ0n) is 18.2. The molecular formula is C28H25NO3. The SMILES string of the molecule is CCC(C(=O)c1cn(-c2ccccc2)c2ccc(/C=C/C(=O)OC)cc12)c1ccccc1. The van der Waals surface area contributed by atoms with E-state index in [2.05, 4.69) is 0 Å². The van der Waals surface area contributed by atoms with Gasteiger partial charge in [0.15, 0.2) is 5.78 Å². The number of benzene rings is 3. The fourth-order valence-electron chi connectivity index (χ4n) is 4.03. The summed E-state index contributed by atoms with van der Waals surface area (Å²) < 4.78 is 6.74. The Hall–Kier alpha value is -3.92. The van der Waals surface area contributed by atoms with Crippen LogP contribution in [0.25, 0.3) is 22.7 Å². The van der Waals surface area contributed by atoms with Crippen LogP contribution in [0.3, 0.4) is 0 Å². The average molecular weight is 424 g/mol. The predicted octanol–water partition coefficient (Wildman–Crippen LogP) is 6.19. The molecule has 0 radical (unpaired) electrons. The molecule has 0 saturated carbocycles. The fraction of sp³-hybridized carbons (Fsp3) is 0.143. The number of para-hydroxylation sites is 1. The van der Waals surface area contributed by atoms with Gasteiger partial charge in [0.05, 0.1) is 12.6 Å². The van der Waals surface area contributed by atoms with Crippen molar-refractivity contribution in [3.05, 3.63) is 108 Å². The molecule has 4 nitrogen and oxygen atoms in total. The highest BCUT2D eigenvalue weighted by Gasteiger charge is 2.24. The number of ether oxygens (including phenoxy) is 1. The minimum atomic E-state index is -0.418. The van der Waals surface area contributed by atoms with Crippen molar-refractivity contribution in [1.82, 2.24) is 4.57 Å². The zero-order chi connectivity index (χ0) is 22.5. The van der Waals surface area contributed by atoms with Gasteiger partial charge in [0.2, 0.25) is 0 Å². The third-order valence-electron chi connectivity index (χ3n) is 5.67. The molecule has 0 aliphatic rings. The number of ketones is 1. The van der Waals surface area contributed by atoms with E-state index in [9.17, 15) is 9.59 Å². The van der Waals surface area contributed by atoms with Gasteiger partial charge in [0.25, 0.3) is 0 Å². The van der Waals surface area contributed by atoms with Crippen molar-refractivity contribution in [2.45, 2.75) is 19.3 Å². The summed E-state index contributed by atoms with van der Waals surface area (Å²) in [7, 11) is 1.35. The molecule has 160 valence electrons. The largest absolute Gasteiger partial charge is 0.466 e. The van der Waals surface area contributed by atoms with E-state index in [-0.39, 0.29) is 11.7 Å². The van der Waals surface area contributed by atoms with E-state index in [1.807, 2.05) is 96.6 Å². The van der Waals surface area contributed by atoms with Gasteiger partial charge >= 0.3 is 5.97 Å². The van der Waals surface area contributed by atoms with Gasteiger partial charge in [0.1, 0.15) is 0 Å². The van der Waals surface area contributed by atoms with E-state index in [1.165, 1.54) is 13.2 Å². The second-order valence-electron chi connectivity index (χ2n) is 7.62. The first-order valence-electron chi connectivity index (χ1n) is 10.7. The Morgan fingerprint density at radius 3 is 2.31 bits per heavy atom. The highest BCUT2D eigenvalue weighted by atomic mass is 16.5. The standard InChI is InChI=1S/C28H25NO3/c1-3-23(21-10-6-4-7-11-21)28(31)25-19-29(22-12-8-5-9-13-22)26-16-14-20(18-24(25)26)15-17-27(30)32-2/h4-19,23H,3H2,1-2H3/b17-15+. The second-order valence-corrected chi connectivity index (χ2v) is 7.62. The molecule has 0 aliphatic heterocycles. The summed E-state index contributed by atoms with van der Waals surface area (Å²) in [6.07, 6.45) is 5.73. The van der Waals surface area contributed by atoms with Crippen molar-refractivity contribution in [3.63, 3.8) is 0 Å². The Morgan fingerprint density at radius 1 is 0.969 bits per heavy atom. The maximum absolute atomic E-state index is 13.8. The molecule has 0 bridgehead atoms. The number of hydrogen-bond donors (Lipinski definition) is 0. The third-order valence-corrected chi connectivity index (χ3v) is 5.67. The molecule has 4 aromatic rings. The molecule has 1 heterocycles. The van der Waals surface area contributed by atoms with Crippen molar-refractivity contribution >= 4 is 28.7 Å². The van der Waals surface area contributed by atoms with Gasteiger partial charge in [0, 0.05) is 34.8 Å². The van der Waals surface area contributed by atoms with E-state index in [4.69, 9.17) is 4.74 Å². The van der Waals surface area contributed by atoms with Crippen LogP contribution in [0.4, 0.5) is 0 Å². The van der Waals surface area contributed by atoms with E-state index in [0.717, 1.165) is 27.7 Å². The molecule has 4 heteroatoms. The van der Waals surface area contributed by atoms with Crippen molar-refractivity contribution in [1.29, 1.82) is 0 Å². The van der Waals surface area contributed by atoms with Crippen LogP contribution in [-0.4, -0.2) is 23.4 Å². The Labute approximate surface area is 187 Å². The molecule has 1 aromatic heterocycles. The van der Waals surface area contributed by atoms with Crippen molar-refractivity contribution < 1.29 is 14.3 Å². The predicted molar refractivity (Wildman–Crippen MR) is 128 cm³/mol. The first-order chi connectivity index (χ1) is 15.6. The maximum Gasteiger partial charge on any atom is 0.330 e. The lowest BCUT2D eigenvalue weighted by molar-refractivity contribution is -0.134. The number of hydrogen-bond acceptors (Lipinski definition) is 3. The van der Waals surface area contributed by atoms with E-state index >= 15 is 0 Å². The summed E-state index contributed by atoms with van der Waals surface area (Å²) in [5.41, 5.74) is 4.45. The monoisotopic (exact) mass is 423 g/mol. The van der Waals surface area contributed by atoms with E-state index < -0.39 is 5.97 Å². The number of aromatic nitrogens is 1. The molecular weight excluding hydrogens is 398 g/mol. The molecule has 0 N–H and O–H groups in total. The summed E-state index contributed by atoms with van der Waals surface area (Å²) in [6.45, 7) is 2.04. The van der Waals surface area contributed by atoms with Crippen LogP contribution >= 0.6 is 0 Å². The first-order valence-corrected chi connectivity index (χ1v) is 10.7. The van der Waals surface area contributed by atoms with E-state index in [1.54, 1.807) is 6.08 Å². The Bertz CT molecular complexity index is 1270. The van der Waals surface area contributed by atoms with Crippen molar-refractivity contribution in [2.24, 2.45) is 0 Å². The molecule has 0 saturated heterocycles. The fourth-order valence-corrected chi connectivity index (χ4v) is 4.03. The molecule has 0 fully saturated rings. The Kier molecular flexibility index (Phi) is 6.31. The highest BCUT2D eigenvalue weighted by molar-refractivity contribution is 6.11. The Balaban J connectivity index is 1.86. The van der Waals surface area contributed by atoms with Crippen LogP contribution in [0.1, 0.15) is 40.7 Å². The number of fused-ring (bicyclic) bond motifs is 1. The van der Waals surface area contributed by atoms with Gasteiger partial charge in [-0.25, -0.2) is 4.79 Å². The van der Waals surface area contributed by atoms with Crippen LogP contribution in [0.15, 0.2) is 91.1 Å². The molecule has 32 heavy (non-hydrogen) atoms. The summed E-state index contributed by atoms with van der Waals surface area (Å²) in [4.78, 5) is 25.3. The second kappa shape index (κ2) is 9.48. The van der Waals surface area contributed by atoms with Crippen LogP contribution in [0.5, 0.6) is 0 Å². The lowest BCUT2D eigenvalue weighted by Crippen LogP contribution is -2.12. The quantitative estimate of drug-likeness (QED) is 0.202. The van der Waals surface area contributed by atoms with Gasteiger partial charge in [-0.15, -0.1) is 0 Å². The van der Waals surface area contributed by atoms with Crippen molar-refractivity contribution in [2.75, 3.05) is 7.11 Å². The molecule has 3 aromatic carbocycles. The Morgan fingerprint density at radius 2 is 1.66 bits per heavy atom. The third kappa shape index (κ3) is 4.26. The van der Waals surface area contributed by atoms with Gasteiger partial charge in [-0.2, -0.15) is 0 Å². The van der Waals surface area contributed by atoms with Crippen LogP contribution in [0, 0.1) is 0 Å². The number of esters is 1. The van der Waals surface area contributed by atoms with Gasteiger partial charge in [-0.3, -0.25) is 4.79 Å². The zero-order valence-corrected chi connectivity index (χ0v) is 18.2. The normalized spacial score (nSPS) is 12.2. The molecule has 0 aliphatic carbocycles. The van der Waals surface area contributed by atoms with Crippen LogP contribution in [-0.2, 0) is 9.53 Å². The minimum Gasteiger partial charge on any atom is -0.466 e. The number of nitrogens with zero attached hydrogens (tertiary/aromatic N) is 1. The number of methoxy groups -OCH3 is 1. The summed E-state index contributed by atoms with van der Waals surface area (Å²) in [5, 5.41) is 0.861. The number of carbonyl (C=O) groups is 2. The molecule has 1 unspecified atom stereocenters. The average Bonchev–Trinajstić information content (AvgIpc) is 3.23. The van der Waals surface area contributed by atoms with Crippen LogP contribution < -0.4 is 0 Å². The summed E-state index contributed by atoms with van der Waals surface area (Å²) in [6, 6.07) is 25.8. The van der Waals surface area contributed by atoms with Crippen LogP contribution in [0.2, 0.25) is 0 Å². The molecule has 1 atom stereocenters. The van der Waals surface area contributed by atoms with Gasteiger partial charge in [-0.1, -0.05) is 61.5 Å². The van der Waals surface area contributed by atoms with Crippen molar-refractivity contribution in [3.8, 4) is 5.69 Å².